The van der Waals surface area contributed by atoms with Gasteiger partial charge in [-0.05, 0) is 37.6 Å². The SMILES string of the molecule is CCN(C(=O)COC(=O)c1ccccc1Oc1ccccc1)C1CCS(=O)(=O)C1. The topological polar surface area (TPSA) is 90.0 Å². The van der Waals surface area contributed by atoms with Crippen molar-refractivity contribution in [3.63, 3.8) is 0 Å². The molecule has 2 aromatic carbocycles. The number of carbonyl (C=O) groups excluding carboxylic acids is 2. The predicted octanol–water partition coefficient (Wildman–Crippen LogP) is 2.67. The third-order valence-electron chi connectivity index (χ3n) is 4.71. The molecule has 0 aromatic heterocycles. The Balaban J connectivity index is 1.64. The first-order valence-corrected chi connectivity index (χ1v) is 11.2. The van der Waals surface area contributed by atoms with Crippen molar-refractivity contribution in [2.75, 3.05) is 24.7 Å². The van der Waals surface area contributed by atoms with Crippen molar-refractivity contribution in [2.45, 2.75) is 19.4 Å². The zero-order valence-corrected chi connectivity index (χ0v) is 16.9. The van der Waals surface area contributed by atoms with Gasteiger partial charge in [0.15, 0.2) is 16.4 Å². The summed E-state index contributed by atoms with van der Waals surface area (Å²) in [5.74, 6) is -0.169. The highest BCUT2D eigenvalue weighted by Crippen LogP contribution is 2.25. The van der Waals surface area contributed by atoms with E-state index in [2.05, 4.69) is 0 Å². The van der Waals surface area contributed by atoms with E-state index >= 15 is 0 Å². The number of esters is 1. The zero-order valence-electron chi connectivity index (χ0n) is 16.1. The minimum absolute atomic E-state index is 0.0473. The Morgan fingerprint density at radius 3 is 2.41 bits per heavy atom. The second kappa shape index (κ2) is 9.09. The van der Waals surface area contributed by atoms with E-state index < -0.39 is 28.3 Å². The van der Waals surface area contributed by atoms with Crippen LogP contribution in [0.25, 0.3) is 0 Å². The second-order valence-corrected chi connectivity index (χ2v) is 8.95. The van der Waals surface area contributed by atoms with Gasteiger partial charge in [0.25, 0.3) is 5.91 Å². The van der Waals surface area contributed by atoms with Gasteiger partial charge in [-0.25, -0.2) is 13.2 Å². The molecular formula is C21H23NO6S. The molecule has 29 heavy (non-hydrogen) atoms. The summed E-state index contributed by atoms with van der Waals surface area (Å²) >= 11 is 0. The van der Waals surface area contributed by atoms with Crippen molar-refractivity contribution < 1.29 is 27.5 Å². The fraction of sp³-hybridized carbons (Fsp3) is 0.333. The number of amides is 1. The lowest BCUT2D eigenvalue weighted by Gasteiger charge is -2.26. The molecule has 154 valence electrons. The van der Waals surface area contributed by atoms with Crippen LogP contribution in [0.2, 0.25) is 0 Å². The molecule has 1 heterocycles. The number of ether oxygens (including phenoxy) is 2. The van der Waals surface area contributed by atoms with Crippen LogP contribution < -0.4 is 4.74 Å². The van der Waals surface area contributed by atoms with Crippen LogP contribution in [0.3, 0.4) is 0 Å². The number of hydrogen-bond donors (Lipinski definition) is 0. The van der Waals surface area contributed by atoms with Gasteiger partial charge in [0, 0.05) is 12.6 Å². The van der Waals surface area contributed by atoms with Crippen molar-refractivity contribution in [3.8, 4) is 11.5 Å². The van der Waals surface area contributed by atoms with Crippen LogP contribution in [0, 0.1) is 0 Å². The number of para-hydroxylation sites is 2. The minimum atomic E-state index is -3.11. The lowest BCUT2D eigenvalue weighted by Crippen LogP contribution is -2.43. The van der Waals surface area contributed by atoms with Crippen molar-refractivity contribution in [2.24, 2.45) is 0 Å². The standard InChI is InChI=1S/C21H23NO6S/c1-2-22(16-12-13-29(25,26)15-16)20(23)14-27-21(24)18-10-6-7-11-19(18)28-17-8-4-3-5-9-17/h3-11,16H,2,12-15H2,1H3. The Morgan fingerprint density at radius 1 is 1.07 bits per heavy atom. The van der Waals surface area contributed by atoms with Crippen molar-refractivity contribution in [1.29, 1.82) is 0 Å². The predicted molar refractivity (Wildman–Crippen MR) is 108 cm³/mol. The maximum Gasteiger partial charge on any atom is 0.342 e. The van der Waals surface area contributed by atoms with Crippen molar-refractivity contribution >= 4 is 21.7 Å². The zero-order chi connectivity index (χ0) is 20.9. The summed E-state index contributed by atoms with van der Waals surface area (Å²) in [4.78, 5) is 26.5. The number of sulfone groups is 1. The van der Waals surface area contributed by atoms with Gasteiger partial charge in [-0.2, -0.15) is 0 Å². The molecule has 2 aromatic rings. The van der Waals surface area contributed by atoms with Gasteiger partial charge in [-0.3, -0.25) is 4.79 Å². The summed E-state index contributed by atoms with van der Waals surface area (Å²) in [6, 6.07) is 15.3. The summed E-state index contributed by atoms with van der Waals surface area (Å²) in [5, 5.41) is 0. The molecule has 0 saturated carbocycles. The molecule has 1 saturated heterocycles. The number of carbonyl (C=O) groups is 2. The Kier molecular flexibility index (Phi) is 6.53. The van der Waals surface area contributed by atoms with Crippen molar-refractivity contribution in [1.82, 2.24) is 4.90 Å². The molecule has 1 aliphatic rings. The second-order valence-electron chi connectivity index (χ2n) is 6.72. The molecule has 0 spiro atoms. The van der Waals surface area contributed by atoms with E-state index in [0.29, 0.717) is 24.5 Å². The van der Waals surface area contributed by atoms with E-state index in [9.17, 15) is 18.0 Å². The molecule has 0 radical (unpaired) electrons. The molecule has 3 rings (SSSR count). The molecule has 0 aliphatic carbocycles. The minimum Gasteiger partial charge on any atom is -0.456 e. The van der Waals surface area contributed by atoms with Crippen LogP contribution >= 0.6 is 0 Å². The first-order valence-electron chi connectivity index (χ1n) is 9.38. The van der Waals surface area contributed by atoms with E-state index in [1.54, 1.807) is 43.3 Å². The molecule has 1 aliphatic heterocycles. The molecule has 0 N–H and O–H groups in total. The molecular weight excluding hydrogens is 394 g/mol. The molecule has 7 nitrogen and oxygen atoms in total. The molecule has 1 fully saturated rings. The van der Waals surface area contributed by atoms with E-state index in [1.165, 1.54) is 4.90 Å². The van der Waals surface area contributed by atoms with E-state index in [0.717, 1.165) is 0 Å². The maximum absolute atomic E-state index is 12.5. The van der Waals surface area contributed by atoms with Gasteiger partial charge in [-0.15, -0.1) is 0 Å². The number of benzene rings is 2. The van der Waals surface area contributed by atoms with Crippen LogP contribution in [-0.4, -0.2) is 55.9 Å². The molecule has 1 atom stereocenters. The average Bonchev–Trinajstić information content (AvgIpc) is 3.07. The van der Waals surface area contributed by atoms with E-state index in [1.807, 2.05) is 18.2 Å². The lowest BCUT2D eigenvalue weighted by molar-refractivity contribution is -0.136. The summed E-state index contributed by atoms with van der Waals surface area (Å²) < 4.78 is 34.3. The van der Waals surface area contributed by atoms with Gasteiger partial charge in [0.2, 0.25) is 0 Å². The smallest absolute Gasteiger partial charge is 0.342 e. The number of rotatable bonds is 7. The van der Waals surface area contributed by atoms with Crippen LogP contribution in [0.1, 0.15) is 23.7 Å². The maximum atomic E-state index is 12.5. The first kappa shape index (κ1) is 20.9. The quantitative estimate of drug-likeness (QED) is 0.644. The monoisotopic (exact) mass is 417 g/mol. The van der Waals surface area contributed by atoms with Crippen LogP contribution in [0.5, 0.6) is 11.5 Å². The highest BCUT2D eigenvalue weighted by atomic mass is 32.2. The third kappa shape index (κ3) is 5.35. The molecule has 1 unspecified atom stereocenters. The highest BCUT2D eigenvalue weighted by Gasteiger charge is 2.34. The summed E-state index contributed by atoms with van der Waals surface area (Å²) in [7, 11) is -3.11. The number of nitrogens with zero attached hydrogens (tertiary/aromatic N) is 1. The van der Waals surface area contributed by atoms with Crippen LogP contribution in [0.15, 0.2) is 54.6 Å². The van der Waals surface area contributed by atoms with Crippen LogP contribution in [-0.2, 0) is 19.4 Å². The Labute approximate surface area is 170 Å². The van der Waals surface area contributed by atoms with E-state index in [-0.39, 0.29) is 23.1 Å². The molecule has 8 heteroatoms. The first-order chi connectivity index (χ1) is 13.9. The Morgan fingerprint density at radius 2 is 1.76 bits per heavy atom. The summed E-state index contributed by atoms with van der Waals surface area (Å²) in [5.41, 5.74) is 0.204. The average molecular weight is 417 g/mol. The summed E-state index contributed by atoms with van der Waals surface area (Å²) in [6.45, 7) is 1.67. The fourth-order valence-electron chi connectivity index (χ4n) is 3.29. The Bertz CT molecular complexity index is 974. The van der Waals surface area contributed by atoms with E-state index in [4.69, 9.17) is 9.47 Å². The summed E-state index contributed by atoms with van der Waals surface area (Å²) in [6.07, 6.45) is 0.406. The van der Waals surface area contributed by atoms with Gasteiger partial charge in [-0.1, -0.05) is 30.3 Å². The van der Waals surface area contributed by atoms with Crippen molar-refractivity contribution in [3.05, 3.63) is 60.2 Å². The highest BCUT2D eigenvalue weighted by molar-refractivity contribution is 7.91. The van der Waals surface area contributed by atoms with Gasteiger partial charge in [0.1, 0.15) is 17.1 Å². The van der Waals surface area contributed by atoms with Gasteiger partial charge >= 0.3 is 5.97 Å². The van der Waals surface area contributed by atoms with Gasteiger partial charge < -0.3 is 14.4 Å². The molecule has 1 amide bonds. The van der Waals surface area contributed by atoms with Gasteiger partial charge in [0.05, 0.1) is 11.5 Å². The Hall–Kier alpha value is -2.87. The lowest BCUT2D eigenvalue weighted by atomic mass is 10.2. The number of hydrogen-bond acceptors (Lipinski definition) is 6. The molecule has 0 bridgehead atoms. The fourth-order valence-corrected chi connectivity index (χ4v) is 5.02. The van der Waals surface area contributed by atoms with Crippen LogP contribution in [0.4, 0.5) is 0 Å². The third-order valence-corrected chi connectivity index (χ3v) is 6.47. The normalized spacial score (nSPS) is 17.5. The largest absolute Gasteiger partial charge is 0.456 e. The number of likely N-dealkylation sites (N-methyl/N-ethyl adjacent to an activating group) is 1.